The van der Waals surface area contributed by atoms with E-state index < -0.39 is 34.8 Å². The predicted molar refractivity (Wildman–Crippen MR) is 137 cm³/mol. The molecule has 1 aliphatic heterocycles. The van der Waals surface area contributed by atoms with Crippen LogP contribution in [-0.4, -0.2) is 61.4 Å². The quantitative estimate of drug-likeness (QED) is 0.320. The Balaban J connectivity index is 1.67. The maximum atomic E-state index is 14.5. The van der Waals surface area contributed by atoms with Crippen LogP contribution in [0.25, 0.3) is 0 Å². The molecule has 2 atom stereocenters. The van der Waals surface area contributed by atoms with Crippen LogP contribution in [0.3, 0.4) is 0 Å². The van der Waals surface area contributed by atoms with E-state index in [0.717, 1.165) is 31.7 Å². The molecular formula is C25H29ClF2N4O4S. The third-order valence-electron chi connectivity index (χ3n) is 6.61. The van der Waals surface area contributed by atoms with Gasteiger partial charge in [0.1, 0.15) is 6.04 Å². The van der Waals surface area contributed by atoms with Gasteiger partial charge in [-0.3, -0.25) is 4.99 Å². The number of ether oxygens (including phenoxy) is 2. The van der Waals surface area contributed by atoms with Crippen molar-refractivity contribution in [3.63, 3.8) is 0 Å². The Morgan fingerprint density at radius 3 is 2.70 bits per heavy atom. The molecule has 0 amide bonds. The zero-order chi connectivity index (χ0) is 26.5. The van der Waals surface area contributed by atoms with Crippen molar-refractivity contribution in [2.75, 3.05) is 27.4 Å². The van der Waals surface area contributed by atoms with Gasteiger partial charge in [0.2, 0.25) is 0 Å². The van der Waals surface area contributed by atoms with Gasteiger partial charge in [-0.1, -0.05) is 17.7 Å². The van der Waals surface area contributed by atoms with Crippen molar-refractivity contribution >= 4 is 34.7 Å². The third-order valence-corrected chi connectivity index (χ3v) is 7.78. The number of aromatic nitrogens is 1. The maximum Gasteiger partial charge on any atom is 0.338 e. The van der Waals surface area contributed by atoms with E-state index in [1.807, 2.05) is 0 Å². The number of nitrogens with zero attached hydrogens (tertiary/aromatic N) is 2. The summed E-state index contributed by atoms with van der Waals surface area (Å²) in [5, 5.41) is 18.6. The molecule has 1 aliphatic carbocycles. The average molecular weight is 555 g/mol. The van der Waals surface area contributed by atoms with Crippen molar-refractivity contribution in [2.24, 2.45) is 10.9 Å². The molecule has 0 bridgehead atoms. The number of allylic oxidation sites excluding steroid dienone is 1. The normalized spacial score (nSPS) is 22.9. The average Bonchev–Trinajstić information content (AvgIpc) is 3.45. The highest BCUT2D eigenvalue weighted by atomic mass is 35.5. The Kier molecular flexibility index (Phi) is 9.25. The van der Waals surface area contributed by atoms with Gasteiger partial charge in [0.25, 0.3) is 0 Å². The van der Waals surface area contributed by atoms with Crippen molar-refractivity contribution in [1.82, 2.24) is 15.6 Å². The minimum absolute atomic E-state index is 0.0481. The van der Waals surface area contributed by atoms with E-state index in [4.69, 9.17) is 21.1 Å². The number of methoxy groups -OCH3 is 2. The van der Waals surface area contributed by atoms with Gasteiger partial charge in [-0.2, -0.15) is 0 Å². The van der Waals surface area contributed by atoms with E-state index in [1.165, 1.54) is 24.5 Å². The summed E-state index contributed by atoms with van der Waals surface area (Å²) in [6.45, 7) is 0.684. The van der Waals surface area contributed by atoms with Crippen LogP contribution in [0.5, 0.6) is 0 Å². The lowest BCUT2D eigenvalue weighted by Crippen LogP contribution is -2.42. The smallest absolute Gasteiger partial charge is 0.338 e. The number of hydrogen-bond acceptors (Lipinski definition) is 9. The molecule has 0 saturated heterocycles. The second kappa shape index (κ2) is 12.4. The van der Waals surface area contributed by atoms with Gasteiger partial charge in [0.05, 0.1) is 30.4 Å². The molecule has 200 valence electrons. The van der Waals surface area contributed by atoms with Crippen LogP contribution in [0, 0.1) is 17.6 Å². The number of benzene rings is 1. The van der Waals surface area contributed by atoms with Gasteiger partial charge in [-0.15, -0.1) is 11.3 Å². The Morgan fingerprint density at radius 2 is 2.05 bits per heavy atom. The molecule has 1 fully saturated rings. The van der Waals surface area contributed by atoms with Crippen LogP contribution >= 0.6 is 22.9 Å². The standard InChI is InChI=1S/C25H29ClF2N4O4S/c1-35-12-15(33)11-30-14-5-3-13(4-6-14)21-18(25(34)36-2)22(16-7-8-17(27)20(28)19(16)26)32-23(31-21)24-29-9-10-37-24/h7-10,13-15,22,30,33H,3-6,11-12H2,1-2H3,(H,31,32)/t13?,14?,15-,22?/m0/s1. The summed E-state index contributed by atoms with van der Waals surface area (Å²) < 4.78 is 38.4. The summed E-state index contributed by atoms with van der Waals surface area (Å²) in [6, 6.07) is 1.51. The molecule has 3 N–H and O–H groups in total. The van der Waals surface area contributed by atoms with Crippen molar-refractivity contribution in [3.05, 3.63) is 62.2 Å². The topological polar surface area (TPSA) is 105 Å². The molecule has 0 radical (unpaired) electrons. The fourth-order valence-electron chi connectivity index (χ4n) is 4.79. The number of esters is 1. The van der Waals surface area contributed by atoms with Crippen LogP contribution in [0.15, 0.2) is 40.0 Å². The van der Waals surface area contributed by atoms with E-state index >= 15 is 0 Å². The summed E-state index contributed by atoms with van der Waals surface area (Å²) in [6.07, 6.45) is 4.15. The molecule has 2 aliphatic rings. The van der Waals surface area contributed by atoms with Crippen molar-refractivity contribution in [3.8, 4) is 0 Å². The number of hydrogen-bond donors (Lipinski definition) is 3. The van der Waals surface area contributed by atoms with Crippen LogP contribution in [0.2, 0.25) is 5.02 Å². The van der Waals surface area contributed by atoms with Crippen LogP contribution < -0.4 is 10.6 Å². The van der Waals surface area contributed by atoms with Gasteiger partial charge >= 0.3 is 5.97 Å². The number of halogens is 3. The molecule has 8 nitrogen and oxygen atoms in total. The van der Waals surface area contributed by atoms with Crippen LogP contribution in [-0.2, 0) is 14.3 Å². The van der Waals surface area contributed by atoms with Gasteiger partial charge in [-0.05, 0) is 37.7 Å². The highest BCUT2D eigenvalue weighted by Gasteiger charge is 2.38. The molecule has 1 saturated carbocycles. The second-order valence-corrected chi connectivity index (χ2v) is 10.3. The summed E-state index contributed by atoms with van der Waals surface area (Å²) in [5.74, 6) is -2.54. The summed E-state index contributed by atoms with van der Waals surface area (Å²) in [4.78, 5) is 22.1. The first-order valence-corrected chi connectivity index (χ1v) is 13.2. The zero-order valence-corrected chi connectivity index (χ0v) is 22.0. The van der Waals surface area contributed by atoms with E-state index in [2.05, 4.69) is 20.6 Å². The number of carbonyl (C=O) groups excluding carboxylic acids is 1. The number of aliphatic hydroxyl groups is 1. The molecule has 2 aromatic rings. The predicted octanol–water partition coefficient (Wildman–Crippen LogP) is 3.75. The molecule has 1 aromatic heterocycles. The van der Waals surface area contributed by atoms with Crippen molar-refractivity contribution < 1.29 is 28.2 Å². The first kappa shape index (κ1) is 27.6. The zero-order valence-electron chi connectivity index (χ0n) is 20.5. The Morgan fingerprint density at radius 1 is 1.30 bits per heavy atom. The van der Waals surface area contributed by atoms with E-state index in [-0.39, 0.29) is 29.7 Å². The fourth-order valence-corrected chi connectivity index (χ4v) is 5.63. The molecule has 2 heterocycles. The fraction of sp³-hybridized carbons (Fsp3) is 0.480. The number of amidine groups is 1. The van der Waals surface area contributed by atoms with E-state index in [1.54, 1.807) is 18.7 Å². The minimum atomic E-state index is -1.20. The number of carbonyl (C=O) groups is 1. The molecule has 0 spiro atoms. The molecule has 1 unspecified atom stereocenters. The van der Waals surface area contributed by atoms with Gasteiger partial charge in [0.15, 0.2) is 22.5 Å². The van der Waals surface area contributed by atoms with E-state index in [9.17, 15) is 18.7 Å². The number of nitrogens with one attached hydrogen (secondary N) is 2. The SMILES string of the molecule is COC[C@@H](O)CNC1CCC(C2=C(C(=O)OC)C(c3ccc(F)c(F)c3Cl)N=C(c3nccs3)N2)CC1. The lowest BCUT2D eigenvalue weighted by Gasteiger charge is -2.35. The van der Waals surface area contributed by atoms with Crippen molar-refractivity contribution in [1.29, 1.82) is 0 Å². The summed E-state index contributed by atoms with van der Waals surface area (Å²) >= 11 is 7.58. The van der Waals surface area contributed by atoms with Crippen LogP contribution in [0.4, 0.5) is 8.78 Å². The third kappa shape index (κ3) is 6.18. The van der Waals surface area contributed by atoms with E-state index in [0.29, 0.717) is 23.1 Å². The first-order valence-electron chi connectivity index (χ1n) is 11.9. The Labute approximate surface area is 222 Å². The molecule has 12 heteroatoms. The largest absolute Gasteiger partial charge is 0.466 e. The number of aliphatic hydroxyl groups excluding tert-OH is 1. The first-order chi connectivity index (χ1) is 17.8. The summed E-state index contributed by atoms with van der Waals surface area (Å²) in [7, 11) is 2.81. The highest BCUT2D eigenvalue weighted by molar-refractivity contribution is 7.11. The van der Waals surface area contributed by atoms with Gasteiger partial charge in [0, 0.05) is 42.5 Å². The molecule has 4 rings (SSSR count). The number of aliphatic imine (C=N–C) groups is 1. The van der Waals surface area contributed by atoms with Crippen molar-refractivity contribution in [2.45, 2.75) is 43.9 Å². The monoisotopic (exact) mass is 554 g/mol. The molecule has 1 aromatic carbocycles. The lowest BCUT2D eigenvalue weighted by atomic mass is 9.80. The molecule has 37 heavy (non-hydrogen) atoms. The van der Waals surface area contributed by atoms with Gasteiger partial charge < -0.3 is 25.2 Å². The Bertz CT molecular complexity index is 1170. The number of rotatable bonds is 9. The maximum absolute atomic E-state index is 14.5. The summed E-state index contributed by atoms with van der Waals surface area (Å²) in [5.41, 5.74) is 0.995. The highest BCUT2D eigenvalue weighted by Crippen LogP contribution is 2.41. The Hall–Kier alpha value is -2.44. The second-order valence-electron chi connectivity index (χ2n) is 8.99. The minimum Gasteiger partial charge on any atom is -0.466 e. The molecular weight excluding hydrogens is 526 g/mol. The lowest BCUT2D eigenvalue weighted by molar-refractivity contribution is -0.136. The van der Waals surface area contributed by atoms with Crippen LogP contribution in [0.1, 0.15) is 42.3 Å². The van der Waals surface area contributed by atoms with Gasteiger partial charge in [-0.25, -0.2) is 18.6 Å². The number of thiazole rings is 1.